The molecule has 1 aliphatic rings. The van der Waals surface area contributed by atoms with Crippen LogP contribution < -0.4 is 5.32 Å². The van der Waals surface area contributed by atoms with Gasteiger partial charge in [0, 0.05) is 44.7 Å². The third-order valence-electron chi connectivity index (χ3n) is 5.34. The SMILES string of the molecule is CC(C)CCNC(=O)CCN1C(=O)CC(C(C)C)C1=O.CCC(=O)CCOC(C)(C)CO. The van der Waals surface area contributed by atoms with E-state index in [1.807, 2.05) is 20.8 Å². The van der Waals surface area contributed by atoms with E-state index in [2.05, 4.69) is 19.2 Å². The molecule has 1 unspecified atom stereocenters. The normalized spacial score (nSPS) is 16.4. The van der Waals surface area contributed by atoms with Crippen molar-refractivity contribution in [3.8, 4) is 0 Å². The highest BCUT2D eigenvalue weighted by atomic mass is 16.5. The van der Waals surface area contributed by atoms with Gasteiger partial charge in [0.25, 0.3) is 0 Å². The zero-order valence-corrected chi connectivity index (χ0v) is 21.0. The van der Waals surface area contributed by atoms with Gasteiger partial charge in [-0.3, -0.25) is 24.1 Å². The molecule has 8 heteroatoms. The molecule has 1 heterocycles. The van der Waals surface area contributed by atoms with Crippen LogP contribution in [-0.4, -0.2) is 65.4 Å². The van der Waals surface area contributed by atoms with Gasteiger partial charge in [-0.1, -0.05) is 34.6 Å². The van der Waals surface area contributed by atoms with Crippen molar-refractivity contribution in [2.45, 2.75) is 86.2 Å². The summed E-state index contributed by atoms with van der Waals surface area (Å²) in [6.45, 7) is 14.7. The fourth-order valence-corrected chi connectivity index (χ4v) is 2.93. The molecule has 186 valence electrons. The lowest BCUT2D eigenvalue weighted by atomic mass is 9.94. The summed E-state index contributed by atoms with van der Waals surface area (Å²) in [6.07, 6.45) is 2.41. The lowest BCUT2D eigenvalue weighted by molar-refractivity contribution is -0.140. The number of aliphatic hydroxyl groups is 1. The smallest absolute Gasteiger partial charge is 0.233 e. The number of ether oxygens (including phenoxy) is 1. The van der Waals surface area contributed by atoms with Crippen LogP contribution in [0.25, 0.3) is 0 Å². The number of imide groups is 1. The summed E-state index contributed by atoms with van der Waals surface area (Å²) in [5.41, 5.74) is -0.520. The van der Waals surface area contributed by atoms with Gasteiger partial charge in [-0.15, -0.1) is 0 Å². The molecule has 0 aromatic heterocycles. The molecule has 0 radical (unpaired) electrons. The summed E-state index contributed by atoms with van der Waals surface area (Å²) < 4.78 is 5.28. The van der Waals surface area contributed by atoms with Crippen molar-refractivity contribution < 1.29 is 29.0 Å². The largest absolute Gasteiger partial charge is 0.393 e. The van der Waals surface area contributed by atoms with E-state index in [4.69, 9.17) is 9.84 Å². The molecule has 0 bridgehead atoms. The van der Waals surface area contributed by atoms with Gasteiger partial charge in [-0.05, 0) is 32.1 Å². The number of rotatable bonds is 13. The van der Waals surface area contributed by atoms with E-state index in [-0.39, 0.29) is 61.3 Å². The second kappa shape index (κ2) is 15.1. The quantitative estimate of drug-likeness (QED) is 0.412. The van der Waals surface area contributed by atoms with Gasteiger partial charge >= 0.3 is 0 Å². The van der Waals surface area contributed by atoms with Crippen LogP contribution in [0.4, 0.5) is 0 Å². The molecular weight excluding hydrogens is 412 g/mol. The monoisotopic (exact) mass is 456 g/mol. The van der Waals surface area contributed by atoms with Gasteiger partial charge in [0.1, 0.15) is 5.78 Å². The summed E-state index contributed by atoms with van der Waals surface area (Å²) in [5.74, 6) is 0.318. The molecule has 0 saturated carbocycles. The van der Waals surface area contributed by atoms with Crippen LogP contribution in [0, 0.1) is 17.8 Å². The standard InChI is InChI=1S/C15H26N2O3.C9H18O3/c1-10(2)5-7-16-13(18)6-8-17-14(19)9-12(11(3)4)15(17)20;1-4-8(11)5-6-12-9(2,3)7-10/h10-12H,5-9H2,1-4H3,(H,16,18);10H,4-7H2,1-3H3. The predicted octanol–water partition coefficient (Wildman–Crippen LogP) is 2.71. The molecule has 1 fully saturated rings. The average molecular weight is 457 g/mol. The van der Waals surface area contributed by atoms with Gasteiger partial charge in [-0.25, -0.2) is 0 Å². The Hall–Kier alpha value is -1.80. The lowest BCUT2D eigenvalue weighted by Crippen LogP contribution is -2.36. The van der Waals surface area contributed by atoms with E-state index in [1.54, 1.807) is 13.8 Å². The van der Waals surface area contributed by atoms with E-state index >= 15 is 0 Å². The third kappa shape index (κ3) is 12.3. The van der Waals surface area contributed by atoms with Gasteiger partial charge < -0.3 is 15.2 Å². The van der Waals surface area contributed by atoms with Gasteiger partial charge in [0.2, 0.25) is 17.7 Å². The first kappa shape index (κ1) is 30.2. The number of carbonyl (C=O) groups excluding carboxylic acids is 4. The van der Waals surface area contributed by atoms with E-state index in [0.717, 1.165) is 6.42 Å². The number of hydrogen-bond acceptors (Lipinski definition) is 6. The molecular formula is C24H44N2O6. The summed E-state index contributed by atoms with van der Waals surface area (Å²) in [7, 11) is 0. The van der Waals surface area contributed by atoms with Crippen LogP contribution in [0.1, 0.15) is 80.6 Å². The lowest BCUT2D eigenvalue weighted by Gasteiger charge is -2.21. The molecule has 0 aliphatic carbocycles. The zero-order chi connectivity index (χ0) is 24.9. The topological polar surface area (TPSA) is 113 Å². The van der Waals surface area contributed by atoms with E-state index in [9.17, 15) is 19.2 Å². The molecule has 1 saturated heterocycles. The van der Waals surface area contributed by atoms with Gasteiger partial charge in [0.15, 0.2) is 0 Å². The fourth-order valence-electron chi connectivity index (χ4n) is 2.93. The number of carbonyl (C=O) groups is 4. The highest BCUT2D eigenvalue weighted by Gasteiger charge is 2.39. The maximum absolute atomic E-state index is 12.0. The van der Waals surface area contributed by atoms with Crippen molar-refractivity contribution in [3.05, 3.63) is 0 Å². The van der Waals surface area contributed by atoms with Crippen molar-refractivity contribution in [1.29, 1.82) is 0 Å². The van der Waals surface area contributed by atoms with Crippen LogP contribution in [0.5, 0.6) is 0 Å². The number of aliphatic hydroxyl groups excluding tert-OH is 1. The first-order valence-electron chi connectivity index (χ1n) is 11.7. The number of amides is 3. The second-order valence-electron chi connectivity index (χ2n) is 9.63. The van der Waals surface area contributed by atoms with E-state index in [1.165, 1.54) is 4.90 Å². The van der Waals surface area contributed by atoms with Crippen LogP contribution in [0.3, 0.4) is 0 Å². The highest BCUT2D eigenvalue weighted by Crippen LogP contribution is 2.26. The number of hydrogen-bond donors (Lipinski definition) is 2. The van der Waals surface area contributed by atoms with Crippen LogP contribution in [0.2, 0.25) is 0 Å². The summed E-state index contributed by atoms with van der Waals surface area (Å²) in [4.78, 5) is 47.6. The number of Topliss-reactive ketones (excluding diaryl/α,β-unsaturated/α-hetero) is 1. The van der Waals surface area contributed by atoms with Crippen molar-refractivity contribution in [1.82, 2.24) is 10.2 Å². The molecule has 1 rings (SSSR count). The van der Waals surface area contributed by atoms with E-state index < -0.39 is 5.60 Å². The molecule has 0 spiro atoms. The molecule has 2 N–H and O–H groups in total. The second-order valence-corrected chi connectivity index (χ2v) is 9.63. The Morgan fingerprint density at radius 3 is 2.28 bits per heavy atom. The number of nitrogens with zero attached hydrogens (tertiary/aromatic N) is 1. The molecule has 32 heavy (non-hydrogen) atoms. The Kier molecular flexibility index (Phi) is 14.3. The Morgan fingerprint density at radius 1 is 1.19 bits per heavy atom. The minimum Gasteiger partial charge on any atom is -0.393 e. The first-order valence-corrected chi connectivity index (χ1v) is 11.7. The Morgan fingerprint density at radius 2 is 1.81 bits per heavy atom. The zero-order valence-electron chi connectivity index (χ0n) is 21.0. The van der Waals surface area contributed by atoms with Crippen molar-refractivity contribution in [2.24, 2.45) is 17.8 Å². The average Bonchev–Trinajstić information content (AvgIpc) is 3.00. The molecule has 1 atom stereocenters. The van der Waals surface area contributed by atoms with Crippen molar-refractivity contribution >= 4 is 23.5 Å². The number of ketones is 1. The summed E-state index contributed by atoms with van der Waals surface area (Å²) in [5, 5.41) is 11.6. The Labute approximate surface area is 193 Å². The van der Waals surface area contributed by atoms with Crippen LogP contribution in [-0.2, 0) is 23.9 Å². The fraction of sp³-hybridized carbons (Fsp3) is 0.833. The molecule has 3 amide bonds. The molecule has 8 nitrogen and oxygen atoms in total. The molecule has 1 aliphatic heterocycles. The van der Waals surface area contributed by atoms with Crippen molar-refractivity contribution in [2.75, 3.05) is 26.3 Å². The van der Waals surface area contributed by atoms with Crippen LogP contribution >= 0.6 is 0 Å². The van der Waals surface area contributed by atoms with Crippen molar-refractivity contribution in [3.63, 3.8) is 0 Å². The number of likely N-dealkylation sites (tertiary alicyclic amines) is 1. The summed E-state index contributed by atoms with van der Waals surface area (Å²) >= 11 is 0. The maximum atomic E-state index is 12.0. The maximum Gasteiger partial charge on any atom is 0.233 e. The Balaban J connectivity index is 0.000000687. The minimum absolute atomic E-state index is 0.0205. The van der Waals surface area contributed by atoms with Gasteiger partial charge in [-0.2, -0.15) is 0 Å². The first-order chi connectivity index (χ1) is 14.8. The third-order valence-corrected chi connectivity index (χ3v) is 5.34. The minimum atomic E-state index is -0.520. The van der Waals surface area contributed by atoms with Crippen LogP contribution in [0.15, 0.2) is 0 Å². The summed E-state index contributed by atoms with van der Waals surface area (Å²) in [6, 6.07) is 0. The Bertz CT molecular complexity index is 616. The predicted molar refractivity (Wildman–Crippen MR) is 124 cm³/mol. The van der Waals surface area contributed by atoms with E-state index in [0.29, 0.717) is 31.9 Å². The highest BCUT2D eigenvalue weighted by molar-refractivity contribution is 6.03. The molecule has 0 aromatic carbocycles. The molecule has 0 aromatic rings. The number of nitrogens with one attached hydrogen (secondary N) is 1. The van der Waals surface area contributed by atoms with Gasteiger partial charge in [0.05, 0.1) is 18.8 Å².